The number of nitrogens with one attached hydrogen (secondary N) is 1. The number of halogens is 1. The van der Waals surface area contributed by atoms with Crippen LogP contribution in [0, 0.1) is 0 Å². The first-order chi connectivity index (χ1) is 17.9. The standard InChI is InChI=1S/C25H29ClN6O4S/c1-37-19-6-4-18(5-7-19)28-24(34)35-32-11-8-25(9-12-32)17-21(29-36-25)23(33)31-15-13-30(14-16-31)22-20(26)3-2-10-27-22/h2-7,10H,8-9,11-17H2,1H3,(H,28,34). The van der Waals surface area contributed by atoms with Crippen LogP contribution in [0.2, 0.25) is 5.02 Å². The summed E-state index contributed by atoms with van der Waals surface area (Å²) in [7, 11) is 0. The summed E-state index contributed by atoms with van der Waals surface area (Å²) in [5.41, 5.74) is 0.596. The molecular formula is C25H29ClN6O4S. The highest BCUT2D eigenvalue weighted by Gasteiger charge is 2.45. The summed E-state index contributed by atoms with van der Waals surface area (Å²) < 4.78 is 0. The van der Waals surface area contributed by atoms with Crippen molar-refractivity contribution in [2.45, 2.75) is 29.8 Å². The molecule has 0 aliphatic carbocycles. The molecule has 4 heterocycles. The Morgan fingerprint density at radius 1 is 1.08 bits per heavy atom. The first-order valence-corrected chi connectivity index (χ1v) is 13.8. The molecule has 12 heteroatoms. The third-order valence-corrected chi connectivity index (χ3v) is 7.91. The fraction of sp³-hybridized carbons (Fsp3) is 0.440. The van der Waals surface area contributed by atoms with Gasteiger partial charge in [-0.1, -0.05) is 16.8 Å². The van der Waals surface area contributed by atoms with Crippen LogP contribution in [-0.4, -0.2) is 83.8 Å². The molecule has 0 atom stereocenters. The number of hydrogen-bond acceptors (Lipinski definition) is 9. The number of carbonyl (C=O) groups is 2. The Bertz CT molecular complexity index is 1160. The maximum atomic E-state index is 13.1. The van der Waals surface area contributed by atoms with Crippen LogP contribution < -0.4 is 10.2 Å². The second-order valence-corrected chi connectivity index (χ2v) is 10.5. The van der Waals surface area contributed by atoms with Crippen LogP contribution >= 0.6 is 23.4 Å². The maximum absolute atomic E-state index is 13.1. The number of piperazine rings is 1. The van der Waals surface area contributed by atoms with Crippen LogP contribution in [0.15, 0.2) is 52.6 Å². The quantitative estimate of drug-likeness (QED) is 0.566. The molecule has 1 aromatic carbocycles. The highest BCUT2D eigenvalue weighted by Crippen LogP contribution is 2.35. The molecule has 3 aliphatic heterocycles. The van der Waals surface area contributed by atoms with E-state index in [1.54, 1.807) is 29.1 Å². The van der Waals surface area contributed by atoms with Crippen molar-refractivity contribution in [1.82, 2.24) is 14.9 Å². The highest BCUT2D eigenvalue weighted by atomic mass is 35.5. The largest absolute Gasteiger partial charge is 0.430 e. The second-order valence-electron chi connectivity index (χ2n) is 9.24. The molecule has 3 aliphatic rings. The molecule has 2 saturated heterocycles. The predicted octanol–water partition coefficient (Wildman–Crippen LogP) is 3.88. The van der Waals surface area contributed by atoms with Crippen LogP contribution in [0.3, 0.4) is 0 Å². The summed E-state index contributed by atoms with van der Waals surface area (Å²) in [6.45, 7) is 3.43. The Morgan fingerprint density at radius 2 is 1.81 bits per heavy atom. The van der Waals surface area contributed by atoms with Gasteiger partial charge in [-0.25, -0.2) is 9.78 Å². The molecule has 10 nitrogen and oxygen atoms in total. The van der Waals surface area contributed by atoms with Gasteiger partial charge < -0.3 is 19.5 Å². The molecule has 1 spiro atoms. The van der Waals surface area contributed by atoms with Gasteiger partial charge in [-0.2, -0.15) is 0 Å². The van der Waals surface area contributed by atoms with Crippen molar-refractivity contribution in [3.63, 3.8) is 0 Å². The van der Waals surface area contributed by atoms with Gasteiger partial charge in [-0.15, -0.1) is 16.8 Å². The van der Waals surface area contributed by atoms with E-state index in [9.17, 15) is 9.59 Å². The van der Waals surface area contributed by atoms with E-state index in [0.717, 1.165) is 10.7 Å². The van der Waals surface area contributed by atoms with Crippen molar-refractivity contribution in [3.05, 3.63) is 47.6 Å². The minimum Gasteiger partial charge on any atom is -0.388 e. The number of benzene rings is 1. The number of nitrogens with zero attached hydrogens (tertiary/aromatic N) is 5. The molecule has 0 radical (unpaired) electrons. The van der Waals surface area contributed by atoms with Crippen molar-refractivity contribution in [2.24, 2.45) is 5.16 Å². The van der Waals surface area contributed by atoms with Crippen molar-refractivity contribution in [1.29, 1.82) is 0 Å². The number of thioether (sulfide) groups is 1. The molecule has 2 fully saturated rings. The van der Waals surface area contributed by atoms with Crippen LogP contribution in [0.1, 0.15) is 19.3 Å². The first-order valence-electron chi connectivity index (χ1n) is 12.2. The Hall–Kier alpha value is -3.02. The van der Waals surface area contributed by atoms with Gasteiger partial charge in [0.15, 0.2) is 0 Å². The molecule has 1 aromatic heterocycles. The van der Waals surface area contributed by atoms with Crippen molar-refractivity contribution in [2.75, 3.05) is 55.7 Å². The highest BCUT2D eigenvalue weighted by molar-refractivity contribution is 7.98. The van der Waals surface area contributed by atoms with Gasteiger partial charge in [0, 0.05) is 75.3 Å². The lowest BCUT2D eigenvalue weighted by atomic mass is 9.87. The van der Waals surface area contributed by atoms with E-state index in [0.29, 0.717) is 75.0 Å². The Morgan fingerprint density at radius 3 is 2.49 bits per heavy atom. The summed E-state index contributed by atoms with van der Waals surface area (Å²) in [5, 5.41) is 9.15. The van der Waals surface area contributed by atoms with Gasteiger partial charge in [-0.3, -0.25) is 10.1 Å². The summed E-state index contributed by atoms with van der Waals surface area (Å²) in [5.74, 6) is 0.655. The molecule has 5 rings (SSSR count). The summed E-state index contributed by atoms with van der Waals surface area (Å²) in [6.07, 6.45) is 4.86. The van der Waals surface area contributed by atoms with Crippen LogP contribution in [0.5, 0.6) is 0 Å². The number of pyridine rings is 1. The number of anilines is 2. The minimum absolute atomic E-state index is 0.0887. The molecule has 0 bridgehead atoms. The van der Waals surface area contributed by atoms with Crippen LogP contribution in [0.25, 0.3) is 0 Å². The van der Waals surface area contributed by atoms with Gasteiger partial charge in [0.1, 0.15) is 17.1 Å². The van der Waals surface area contributed by atoms with Crippen LogP contribution in [0.4, 0.5) is 16.3 Å². The minimum atomic E-state index is -0.529. The van der Waals surface area contributed by atoms with Crippen LogP contribution in [-0.2, 0) is 14.5 Å². The molecule has 1 N–H and O–H groups in total. The normalized spacial score (nSPS) is 19.4. The molecular weight excluding hydrogens is 516 g/mol. The van der Waals surface area contributed by atoms with E-state index in [-0.39, 0.29) is 5.91 Å². The third-order valence-electron chi connectivity index (χ3n) is 6.87. The number of carbonyl (C=O) groups excluding carboxylic acids is 2. The van der Waals surface area contributed by atoms with Crippen molar-refractivity contribution < 1.29 is 19.3 Å². The fourth-order valence-electron chi connectivity index (χ4n) is 4.74. The first kappa shape index (κ1) is 25.6. The average Bonchev–Trinajstić information content (AvgIpc) is 3.34. The molecule has 196 valence electrons. The molecule has 2 aromatic rings. The van der Waals surface area contributed by atoms with Crippen molar-refractivity contribution in [3.8, 4) is 0 Å². The van der Waals surface area contributed by atoms with E-state index in [4.69, 9.17) is 21.3 Å². The van der Waals surface area contributed by atoms with Gasteiger partial charge in [0.25, 0.3) is 5.91 Å². The maximum Gasteiger partial charge on any atom is 0.430 e. The number of piperidine rings is 1. The second kappa shape index (κ2) is 11.2. The summed E-state index contributed by atoms with van der Waals surface area (Å²) in [6, 6.07) is 11.2. The third kappa shape index (κ3) is 5.94. The molecule has 0 unspecified atom stereocenters. The van der Waals surface area contributed by atoms with Gasteiger partial charge >= 0.3 is 6.09 Å². The predicted molar refractivity (Wildman–Crippen MR) is 143 cm³/mol. The zero-order valence-corrected chi connectivity index (χ0v) is 22.1. The fourth-order valence-corrected chi connectivity index (χ4v) is 5.38. The van der Waals surface area contributed by atoms with Gasteiger partial charge in [-0.05, 0) is 42.7 Å². The Labute approximate surface area is 224 Å². The zero-order chi connectivity index (χ0) is 25.8. The Kier molecular flexibility index (Phi) is 7.73. The number of aromatic nitrogens is 1. The lowest BCUT2D eigenvalue weighted by molar-refractivity contribution is -0.154. The van der Waals surface area contributed by atoms with Crippen molar-refractivity contribution >= 4 is 52.6 Å². The smallest absolute Gasteiger partial charge is 0.388 e. The number of amides is 2. The van der Waals surface area contributed by atoms with E-state index in [1.807, 2.05) is 41.5 Å². The number of hydrogen-bond donors (Lipinski definition) is 1. The lowest BCUT2D eigenvalue weighted by Crippen LogP contribution is -2.51. The summed E-state index contributed by atoms with van der Waals surface area (Å²) >= 11 is 7.91. The topological polar surface area (TPSA) is 99.6 Å². The van der Waals surface area contributed by atoms with E-state index in [2.05, 4.69) is 20.4 Å². The lowest BCUT2D eigenvalue weighted by Gasteiger charge is -2.36. The Balaban J connectivity index is 1.07. The average molecular weight is 545 g/mol. The van der Waals surface area contributed by atoms with Gasteiger partial charge in [0.05, 0.1) is 5.02 Å². The monoisotopic (exact) mass is 544 g/mol. The number of rotatable bonds is 5. The number of hydroxylamine groups is 2. The zero-order valence-electron chi connectivity index (χ0n) is 20.6. The van der Waals surface area contributed by atoms with Gasteiger partial charge in [0.2, 0.25) is 0 Å². The van der Waals surface area contributed by atoms with E-state index in [1.165, 1.54) is 0 Å². The molecule has 0 saturated carbocycles. The SMILES string of the molecule is CSc1ccc(NC(=O)ON2CCC3(CC2)CC(C(=O)N2CCN(c4ncccc4Cl)CC2)=NO3)cc1. The summed E-state index contributed by atoms with van der Waals surface area (Å²) in [4.78, 5) is 46.1. The molecule has 37 heavy (non-hydrogen) atoms. The number of oxime groups is 1. The van der Waals surface area contributed by atoms with E-state index >= 15 is 0 Å². The molecule has 2 amide bonds. The van der Waals surface area contributed by atoms with E-state index < -0.39 is 11.7 Å².